The molecule has 0 aromatic rings. The van der Waals surface area contributed by atoms with Crippen LogP contribution in [0.5, 0.6) is 0 Å². The average Bonchev–Trinajstić information content (AvgIpc) is 1.69. The summed E-state index contributed by atoms with van der Waals surface area (Å²) in [6.45, 7) is 0.163. The highest BCUT2D eigenvalue weighted by atomic mass is 19.1. The minimum atomic E-state index is -0.289. The molecule has 0 saturated heterocycles. The maximum atomic E-state index is 11.8. The van der Waals surface area contributed by atoms with Gasteiger partial charge < -0.3 is 0 Å². The molecule has 1 nitrogen and oxygen atoms in total. The van der Waals surface area contributed by atoms with E-state index in [4.69, 9.17) is 0 Å². The van der Waals surface area contributed by atoms with Crippen molar-refractivity contribution in [3.63, 3.8) is 0 Å². The van der Waals surface area contributed by atoms with Gasteiger partial charge in [-0.05, 0) is 0 Å². The van der Waals surface area contributed by atoms with Crippen molar-refractivity contribution in [3.8, 4) is 0 Å². The summed E-state index contributed by atoms with van der Waals surface area (Å²) >= 11 is 0. The highest BCUT2D eigenvalue weighted by Crippen LogP contribution is 1.95. The minimum Gasteiger partial charge on any atom is -0.285 e. The monoisotopic (exact) mass is 97.0 g/mol. The quantitative estimate of drug-likeness (QED) is 0.401. The van der Waals surface area contributed by atoms with Crippen LogP contribution in [0.25, 0.3) is 0 Å². The van der Waals surface area contributed by atoms with E-state index >= 15 is 0 Å². The number of hydrogen-bond acceptors (Lipinski definition) is 1. The largest absolute Gasteiger partial charge is 0.285 e. The molecule has 1 aliphatic rings. The van der Waals surface area contributed by atoms with Crippen LogP contribution in [-0.4, -0.2) is 12.8 Å². The second-order valence-corrected chi connectivity index (χ2v) is 1.21. The van der Waals surface area contributed by atoms with E-state index < -0.39 is 0 Å². The van der Waals surface area contributed by atoms with Crippen molar-refractivity contribution < 1.29 is 4.39 Å². The topological polar surface area (TPSA) is 12.4 Å². The van der Waals surface area contributed by atoms with E-state index in [9.17, 15) is 4.39 Å². The normalized spacial score (nSPS) is 17.0. The summed E-state index contributed by atoms with van der Waals surface area (Å²) in [5.41, 5.74) is 2.36. The fourth-order valence-electron chi connectivity index (χ4n) is 0.359. The Morgan fingerprint density at radius 1 is 1.86 bits per heavy atom. The highest BCUT2D eigenvalue weighted by molar-refractivity contribution is 5.71. The van der Waals surface area contributed by atoms with Crippen molar-refractivity contribution in [2.75, 3.05) is 6.54 Å². The van der Waals surface area contributed by atoms with E-state index in [1.54, 1.807) is 0 Å². The van der Waals surface area contributed by atoms with Crippen LogP contribution >= 0.6 is 0 Å². The first-order valence-corrected chi connectivity index (χ1v) is 1.99. The van der Waals surface area contributed by atoms with Crippen LogP contribution in [0.4, 0.5) is 4.39 Å². The number of halogens is 1. The van der Waals surface area contributed by atoms with E-state index in [1.807, 2.05) is 0 Å². The molecule has 0 bridgehead atoms. The minimum absolute atomic E-state index is 0.163. The van der Waals surface area contributed by atoms with Gasteiger partial charge in [0.1, 0.15) is 0 Å². The van der Waals surface area contributed by atoms with Crippen molar-refractivity contribution in [3.05, 3.63) is 17.6 Å². The smallest absolute Gasteiger partial charge is 0.163 e. The summed E-state index contributed by atoms with van der Waals surface area (Å²) in [5, 5.41) is 0. The third kappa shape index (κ3) is 0.983. The molecule has 0 unspecified atom stereocenters. The van der Waals surface area contributed by atoms with Gasteiger partial charge in [0.15, 0.2) is 5.83 Å². The van der Waals surface area contributed by atoms with E-state index in [0.29, 0.717) is 0 Å². The lowest BCUT2D eigenvalue weighted by Gasteiger charge is -1.86. The fraction of sp³-hybridized carbons (Fsp3) is 0.200. The predicted molar refractivity (Wildman–Crippen MR) is 26.1 cm³/mol. The number of rotatable bonds is 0. The van der Waals surface area contributed by atoms with Crippen LogP contribution in [0, 0.1) is 0 Å². The molecular weight excluding hydrogens is 93.1 g/mol. The van der Waals surface area contributed by atoms with Gasteiger partial charge in [-0.15, -0.1) is 0 Å². The lowest BCUT2D eigenvalue weighted by molar-refractivity contribution is 0.621. The summed E-state index contributed by atoms with van der Waals surface area (Å²) in [4.78, 5) is 3.60. The molecule has 0 saturated carbocycles. The van der Waals surface area contributed by atoms with Gasteiger partial charge in [0, 0.05) is 12.3 Å². The molecule has 0 aliphatic carbocycles. The van der Waals surface area contributed by atoms with E-state index in [2.05, 4.69) is 10.7 Å². The van der Waals surface area contributed by atoms with E-state index in [0.717, 1.165) is 0 Å². The maximum absolute atomic E-state index is 11.8. The van der Waals surface area contributed by atoms with Crippen LogP contribution in [0.15, 0.2) is 22.6 Å². The Hall–Kier alpha value is -0.880. The molecule has 2 heteroatoms. The molecule has 1 heterocycles. The van der Waals surface area contributed by atoms with Crippen LogP contribution in [0.1, 0.15) is 0 Å². The Labute approximate surface area is 40.9 Å². The number of nitrogens with zero attached hydrogens (tertiary/aromatic N) is 1. The first-order chi connectivity index (χ1) is 3.39. The summed E-state index contributed by atoms with van der Waals surface area (Å²) in [6, 6.07) is 0. The van der Waals surface area contributed by atoms with Gasteiger partial charge in [-0.3, -0.25) is 4.99 Å². The summed E-state index contributed by atoms with van der Waals surface area (Å²) < 4.78 is 11.8. The molecule has 0 spiro atoms. The van der Waals surface area contributed by atoms with Crippen molar-refractivity contribution in [2.24, 2.45) is 4.99 Å². The van der Waals surface area contributed by atoms with Crippen LogP contribution in [-0.2, 0) is 0 Å². The van der Waals surface area contributed by atoms with Crippen molar-refractivity contribution in [1.82, 2.24) is 0 Å². The molecule has 0 amide bonds. The van der Waals surface area contributed by atoms with Gasteiger partial charge in [-0.2, -0.15) is 0 Å². The highest BCUT2D eigenvalue weighted by Gasteiger charge is 1.88. The average molecular weight is 97.1 g/mol. The van der Waals surface area contributed by atoms with Gasteiger partial charge >= 0.3 is 0 Å². The third-order valence-electron chi connectivity index (χ3n) is 0.650. The lowest BCUT2D eigenvalue weighted by atomic mass is 10.4. The molecule has 0 N–H and O–H groups in total. The van der Waals surface area contributed by atoms with E-state index in [-0.39, 0.29) is 12.4 Å². The standard InChI is InChI=1S/C5H4FN/c6-5-2-1-3-7-4-5/h1,3H,4H2. The third-order valence-corrected chi connectivity index (χ3v) is 0.650. The van der Waals surface area contributed by atoms with Crippen molar-refractivity contribution >= 4 is 6.21 Å². The van der Waals surface area contributed by atoms with Crippen LogP contribution in [0.3, 0.4) is 0 Å². The molecule has 36 valence electrons. The second-order valence-electron chi connectivity index (χ2n) is 1.21. The van der Waals surface area contributed by atoms with Crippen LogP contribution in [0.2, 0.25) is 0 Å². The van der Waals surface area contributed by atoms with Gasteiger partial charge in [-0.1, -0.05) is 5.73 Å². The molecule has 0 atom stereocenters. The Bertz CT molecular complexity index is 151. The Kier molecular flexibility index (Phi) is 1.05. The Morgan fingerprint density at radius 3 is 3.00 bits per heavy atom. The Balaban J connectivity index is 2.84. The summed E-state index contributed by atoms with van der Waals surface area (Å²) in [5.74, 6) is -0.289. The SMILES string of the molecule is FC1=C=CC=NC1. The Morgan fingerprint density at radius 2 is 2.71 bits per heavy atom. The van der Waals surface area contributed by atoms with Gasteiger partial charge in [-0.25, -0.2) is 4.39 Å². The fourth-order valence-corrected chi connectivity index (χ4v) is 0.359. The molecular formula is C5H4FN. The predicted octanol–water partition coefficient (Wildman–Crippen LogP) is 1.08. The molecule has 1 aliphatic heterocycles. The molecule has 0 radical (unpaired) electrons. The molecule has 0 aromatic heterocycles. The molecule has 7 heavy (non-hydrogen) atoms. The van der Waals surface area contributed by atoms with Crippen LogP contribution < -0.4 is 0 Å². The maximum Gasteiger partial charge on any atom is 0.163 e. The summed E-state index contributed by atoms with van der Waals surface area (Å²) in [6.07, 6.45) is 2.99. The zero-order chi connectivity index (χ0) is 5.11. The summed E-state index contributed by atoms with van der Waals surface area (Å²) in [7, 11) is 0. The first kappa shape index (κ1) is 4.28. The lowest BCUT2D eigenvalue weighted by Crippen LogP contribution is -1.82. The van der Waals surface area contributed by atoms with E-state index in [1.165, 1.54) is 12.3 Å². The molecule has 0 aromatic carbocycles. The van der Waals surface area contributed by atoms with Gasteiger partial charge in [0.05, 0.1) is 6.54 Å². The second kappa shape index (κ2) is 1.71. The zero-order valence-corrected chi connectivity index (χ0v) is 3.69. The van der Waals surface area contributed by atoms with Gasteiger partial charge in [0.25, 0.3) is 0 Å². The molecule has 1 rings (SSSR count). The first-order valence-electron chi connectivity index (χ1n) is 1.99. The van der Waals surface area contributed by atoms with Gasteiger partial charge in [0.2, 0.25) is 0 Å². The molecule has 0 fully saturated rings. The van der Waals surface area contributed by atoms with Crippen molar-refractivity contribution in [2.45, 2.75) is 0 Å². The van der Waals surface area contributed by atoms with Crippen molar-refractivity contribution in [1.29, 1.82) is 0 Å². The number of aliphatic imine (C=N–C) groups is 1. The zero-order valence-electron chi connectivity index (χ0n) is 3.69. The number of hydrogen-bond donors (Lipinski definition) is 0.